The Morgan fingerprint density at radius 2 is 1.67 bits per heavy atom. The summed E-state index contributed by atoms with van der Waals surface area (Å²) in [6.07, 6.45) is 8.05. The van der Waals surface area contributed by atoms with Gasteiger partial charge in [-0.2, -0.15) is 0 Å². The highest BCUT2D eigenvalue weighted by atomic mass is 16.3. The molecule has 1 aliphatic carbocycles. The highest BCUT2D eigenvalue weighted by Gasteiger charge is 2.26. The van der Waals surface area contributed by atoms with E-state index in [2.05, 4.69) is 19.1 Å². The SMILES string of the molecule is CC1(Cc2ccc(O)cc2)CCCCC1. The van der Waals surface area contributed by atoms with E-state index in [0.717, 1.165) is 6.42 Å². The zero-order valence-corrected chi connectivity index (χ0v) is 9.50. The monoisotopic (exact) mass is 204 g/mol. The lowest BCUT2D eigenvalue weighted by molar-refractivity contribution is 0.215. The van der Waals surface area contributed by atoms with Crippen molar-refractivity contribution in [1.29, 1.82) is 0 Å². The molecular weight excluding hydrogens is 184 g/mol. The minimum atomic E-state index is 0.368. The topological polar surface area (TPSA) is 20.2 Å². The van der Waals surface area contributed by atoms with Gasteiger partial charge in [0.05, 0.1) is 0 Å². The van der Waals surface area contributed by atoms with Crippen LogP contribution in [0.2, 0.25) is 0 Å². The van der Waals surface area contributed by atoms with Crippen molar-refractivity contribution in [3.63, 3.8) is 0 Å². The van der Waals surface area contributed by atoms with Crippen LogP contribution in [0.3, 0.4) is 0 Å². The van der Waals surface area contributed by atoms with Crippen LogP contribution in [0, 0.1) is 5.41 Å². The maximum atomic E-state index is 9.23. The van der Waals surface area contributed by atoms with Gasteiger partial charge in [0, 0.05) is 0 Å². The van der Waals surface area contributed by atoms with Gasteiger partial charge in [-0.15, -0.1) is 0 Å². The van der Waals surface area contributed by atoms with Gasteiger partial charge >= 0.3 is 0 Å². The number of hydrogen-bond acceptors (Lipinski definition) is 1. The van der Waals surface area contributed by atoms with Crippen molar-refractivity contribution in [3.8, 4) is 5.75 Å². The molecular formula is C14H20O. The number of rotatable bonds is 2. The maximum Gasteiger partial charge on any atom is 0.115 e. The smallest absolute Gasteiger partial charge is 0.115 e. The fourth-order valence-electron chi connectivity index (χ4n) is 2.69. The molecule has 1 heteroatoms. The predicted octanol–water partition coefficient (Wildman–Crippen LogP) is 3.91. The first-order valence-corrected chi connectivity index (χ1v) is 5.96. The Labute approximate surface area is 92.1 Å². The zero-order valence-electron chi connectivity index (χ0n) is 9.50. The molecule has 1 saturated carbocycles. The molecule has 1 aromatic carbocycles. The molecule has 0 amide bonds. The summed E-state index contributed by atoms with van der Waals surface area (Å²) in [5, 5.41) is 9.23. The molecule has 15 heavy (non-hydrogen) atoms. The van der Waals surface area contributed by atoms with Crippen LogP contribution < -0.4 is 0 Å². The van der Waals surface area contributed by atoms with Gasteiger partial charge in [0.15, 0.2) is 0 Å². The van der Waals surface area contributed by atoms with E-state index in [9.17, 15) is 5.11 Å². The van der Waals surface area contributed by atoms with E-state index in [0.29, 0.717) is 11.2 Å². The number of benzene rings is 1. The van der Waals surface area contributed by atoms with E-state index in [4.69, 9.17) is 0 Å². The van der Waals surface area contributed by atoms with Gasteiger partial charge in [0.2, 0.25) is 0 Å². The number of phenolic OH excluding ortho intramolecular Hbond substituents is 1. The molecule has 1 aromatic rings. The van der Waals surface area contributed by atoms with Crippen molar-refractivity contribution in [2.24, 2.45) is 5.41 Å². The van der Waals surface area contributed by atoms with Gasteiger partial charge in [-0.05, 0) is 42.4 Å². The lowest BCUT2D eigenvalue weighted by Gasteiger charge is -2.33. The molecule has 0 bridgehead atoms. The molecule has 0 aromatic heterocycles. The van der Waals surface area contributed by atoms with E-state index >= 15 is 0 Å². The molecule has 0 saturated heterocycles. The van der Waals surface area contributed by atoms with Gasteiger partial charge in [-0.25, -0.2) is 0 Å². The second-order valence-corrected chi connectivity index (χ2v) is 5.21. The molecule has 82 valence electrons. The van der Waals surface area contributed by atoms with E-state index in [1.54, 1.807) is 12.1 Å². The van der Waals surface area contributed by atoms with Gasteiger partial charge < -0.3 is 5.11 Å². The summed E-state index contributed by atoms with van der Waals surface area (Å²) in [6.45, 7) is 2.40. The molecule has 0 unspecified atom stereocenters. The first-order valence-electron chi connectivity index (χ1n) is 5.96. The van der Waals surface area contributed by atoms with E-state index in [1.807, 2.05) is 0 Å². The second kappa shape index (κ2) is 4.26. The molecule has 0 spiro atoms. The van der Waals surface area contributed by atoms with Crippen LogP contribution in [0.4, 0.5) is 0 Å². The third kappa shape index (κ3) is 2.74. The van der Waals surface area contributed by atoms with Crippen molar-refractivity contribution in [1.82, 2.24) is 0 Å². The third-order valence-electron chi connectivity index (χ3n) is 3.63. The summed E-state index contributed by atoms with van der Waals surface area (Å²) in [4.78, 5) is 0. The molecule has 1 nitrogen and oxygen atoms in total. The van der Waals surface area contributed by atoms with Crippen molar-refractivity contribution in [2.75, 3.05) is 0 Å². The predicted molar refractivity (Wildman–Crippen MR) is 63.0 cm³/mol. The lowest BCUT2D eigenvalue weighted by atomic mass is 9.72. The summed E-state index contributed by atoms with van der Waals surface area (Å²) in [6, 6.07) is 7.69. The van der Waals surface area contributed by atoms with Gasteiger partial charge in [-0.1, -0.05) is 38.3 Å². The fraction of sp³-hybridized carbons (Fsp3) is 0.571. The van der Waals surface area contributed by atoms with Gasteiger partial charge in [-0.3, -0.25) is 0 Å². The quantitative estimate of drug-likeness (QED) is 0.774. The average molecular weight is 204 g/mol. The van der Waals surface area contributed by atoms with Gasteiger partial charge in [0.25, 0.3) is 0 Å². The lowest BCUT2D eigenvalue weighted by Crippen LogP contribution is -2.22. The highest BCUT2D eigenvalue weighted by molar-refractivity contribution is 5.26. The first kappa shape index (κ1) is 10.5. The Morgan fingerprint density at radius 1 is 1.07 bits per heavy atom. The second-order valence-electron chi connectivity index (χ2n) is 5.21. The van der Waals surface area contributed by atoms with Crippen molar-refractivity contribution in [2.45, 2.75) is 45.4 Å². The van der Waals surface area contributed by atoms with E-state index < -0.39 is 0 Å². The van der Waals surface area contributed by atoms with Crippen LogP contribution in [0.1, 0.15) is 44.6 Å². The van der Waals surface area contributed by atoms with Crippen molar-refractivity contribution >= 4 is 0 Å². The van der Waals surface area contributed by atoms with Crippen LogP contribution >= 0.6 is 0 Å². The van der Waals surface area contributed by atoms with Crippen LogP contribution in [0.25, 0.3) is 0 Å². The summed E-state index contributed by atoms with van der Waals surface area (Å²) in [5.41, 5.74) is 1.85. The highest BCUT2D eigenvalue weighted by Crippen LogP contribution is 2.38. The third-order valence-corrected chi connectivity index (χ3v) is 3.63. The maximum absolute atomic E-state index is 9.23. The summed E-state index contributed by atoms with van der Waals surface area (Å²) in [7, 11) is 0. The van der Waals surface area contributed by atoms with Crippen LogP contribution in [0.15, 0.2) is 24.3 Å². The Morgan fingerprint density at radius 3 is 2.27 bits per heavy atom. The van der Waals surface area contributed by atoms with Crippen LogP contribution in [-0.2, 0) is 6.42 Å². The number of phenols is 1. The molecule has 0 radical (unpaired) electrons. The molecule has 0 atom stereocenters. The van der Waals surface area contributed by atoms with Gasteiger partial charge in [0.1, 0.15) is 5.75 Å². The average Bonchev–Trinajstić information content (AvgIpc) is 2.22. The van der Waals surface area contributed by atoms with Crippen LogP contribution in [0.5, 0.6) is 5.75 Å². The molecule has 1 fully saturated rings. The minimum Gasteiger partial charge on any atom is -0.508 e. The zero-order chi connectivity index (χ0) is 10.7. The van der Waals surface area contributed by atoms with E-state index in [1.165, 1.54) is 37.7 Å². The van der Waals surface area contributed by atoms with Crippen molar-refractivity contribution in [3.05, 3.63) is 29.8 Å². The Kier molecular flexibility index (Phi) is 2.99. The first-order chi connectivity index (χ1) is 7.18. The Hall–Kier alpha value is -0.980. The minimum absolute atomic E-state index is 0.368. The number of hydrogen-bond donors (Lipinski definition) is 1. The standard InChI is InChI=1S/C14H20O/c1-14(9-3-2-4-10-14)11-12-5-7-13(15)8-6-12/h5-8,15H,2-4,9-11H2,1H3. The van der Waals surface area contributed by atoms with Crippen LogP contribution in [-0.4, -0.2) is 5.11 Å². The fourth-order valence-corrected chi connectivity index (χ4v) is 2.69. The molecule has 2 rings (SSSR count). The molecule has 1 aliphatic rings. The normalized spacial score (nSPS) is 20.1. The summed E-state index contributed by atoms with van der Waals surface area (Å²) in [5.74, 6) is 0.368. The largest absolute Gasteiger partial charge is 0.508 e. The molecule has 0 heterocycles. The molecule has 0 aliphatic heterocycles. The molecule has 1 N–H and O–H groups in total. The number of aromatic hydroxyl groups is 1. The summed E-state index contributed by atoms with van der Waals surface area (Å²) < 4.78 is 0. The Balaban J connectivity index is 2.03. The van der Waals surface area contributed by atoms with Crippen molar-refractivity contribution < 1.29 is 5.11 Å². The van der Waals surface area contributed by atoms with E-state index in [-0.39, 0.29) is 0 Å². The Bertz CT molecular complexity index is 307. The summed E-state index contributed by atoms with van der Waals surface area (Å²) >= 11 is 0.